The summed E-state index contributed by atoms with van der Waals surface area (Å²) in [4.78, 5) is 15.4. The van der Waals surface area contributed by atoms with E-state index in [1.54, 1.807) is 6.20 Å². The fourth-order valence-corrected chi connectivity index (χ4v) is 1.63. The van der Waals surface area contributed by atoms with E-state index in [-0.39, 0.29) is 18.3 Å². The average molecular weight is 250 g/mol. The monoisotopic (exact) mass is 249 g/mol. The Morgan fingerprint density at radius 2 is 2.33 bits per heavy atom. The summed E-state index contributed by atoms with van der Waals surface area (Å²) >= 11 is 1.39. The van der Waals surface area contributed by atoms with Crippen LogP contribution >= 0.6 is 23.7 Å². The summed E-state index contributed by atoms with van der Waals surface area (Å²) < 4.78 is 0. The molecular weight excluding hydrogens is 234 g/mol. The highest BCUT2D eigenvalue weighted by molar-refractivity contribution is 7.13. The van der Waals surface area contributed by atoms with Crippen LogP contribution in [0.15, 0.2) is 11.6 Å². The highest BCUT2D eigenvalue weighted by atomic mass is 35.5. The molecule has 1 aromatic heterocycles. The number of thiazole rings is 1. The number of anilines is 1. The normalized spacial score (nSPS) is 12.0. The Hall–Kier alpha value is -0.650. The van der Waals surface area contributed by atoms with Gasteiger partial charge in [-0.1, -0.05) is 13.8 Å². The minimum atomic E-state index is -0.445. The predicted octanol–water partition coefficient (Wildman–Crippen LogP) is 1.88. The van der Waals surface area contributed by atoms with Crippen molar-refractivity contribution in [2.45, 2.75) is 26.3 Å². The summed E-state index contributed by atoms with van der Waals surface area (Å²) in [6, 6.07) is -0.445. The van der Waals surface area contributed by atoms with Crippen molar-refractivity contribution in [3.63, 3.8) is 0 Å². The quantitative estimate of drug-likeness (QED) is 0.856. The smallest absolute Gasteiger partial charge is 0.243 e. The van der Waals surface area contributed by atoms with E-state index in [4.69, 9.17) is 5.73 Å². The van der Waals surface area contributed by atoms with Gasteiger partial charge in [0, 0.05) is 11.6 Å². The zero-order chi connectivity index (χ0) is 10.6. The molecule has 0 saturated carbocycles. The van der Waals surface area contributed by atoms with Crippen molar-refractivity contribution in [2.24, 2.45) is 11.7 Å². The van der Waals surface area contributed by atoms with Crippen LogP contribution in [0.2, 0.25) is 0 Å². The van der Waals surface area contributed by atoms with Crippen molar-refractivity contribution < 1.29 is 4.79 Å². The second kappa shape index (κ2) is 6.76. The Labute approximate surface area is 99.7 Å². The summed E-state index contributed by atoms with van der Waals surface area (Å²) in [5.41, 5.74) is 5.70. The zero-order valence-electron chi connectivity index (χ0n) is 8.77. The maximum absolute atomic E-state index is 11.5. The molecule has 0 aliphatic carbocycles. The Morgan fingerprint density at radius 3 is 2.80 bits per heavy atom. The molecule has 0 unspecified atom stereocenters. The summed E-state index contributed by atoms with van der Waals surface area (Å²) in [7, 11) is 0. The second-order valence-electron chi connectivity index (χ2n) is 3.56. The molecule has 4 nitrogen and oxygen atoms in total. The lowest BCUT2D eigenvalue weighted by atomic mass is 10.0. The van der Waals surface area contributed by atoms with E-state index in [1.165, 1.54) is 11.3 Å². The number of hydrogen-bond acceptors (Lipinski definition) is 4. The first-order chi connectivity index (χ1) is 6.59. The number of carbonyl (C=O) groups excluding carboxylic acids is 1. The zero-order valence-corrected chi connectivity index (χ0v) is 10.4. The van der Waals surface area contributed by atoms with E-state index in [0.29, 0.717) is 17.5 Å². The number of amides is 1. The van der Waals surface area contributed by atoms with Crippen molar-refractivity contribution in [3.05, 3.63) is 11.6 Å². The Bertz CT molecular complexity index is 290. The number of halogens is 1. The standard InChI is InChI=1S/C9H15N3OS.ClH/c1-6(2)5-7(10)8(13)12-9-11-3-4-14-9;/h3-4,6-7H,5,10H2,1-2H3,(H,11,12,13);1H/t7-;/m0./s1. The highest BCUT2D eigenvalue weighted by Crippen LogP contribution is 2.11. The molecule has 6 heteroatoms. The van der Waals surface area contributed by atoms with Gasteiger partial charge in [0.1, 0.15) is 0 Å². The molecule has 0 fully saturated rings. The molecule has 1 rings (SSSR count). The van der Waals surface area contributed by atoms with Gasteiger partial charge in [0.15, 0.2) is 5.13 Å². The van der Waals surface area contributed by atoms with Crippen LogP contribution < -0.4 is 11.1 Å². The molecule has 1 aromatic rings. The number of rotatable bonds is 4. The first kappa shape index (κ1) is 14.3. The fraction of sp³-hybridized carbons (Fsp3) is 0.556. The molecule has 3 N–H and O–H groups in total. The Morgan fingerprint density at radius 1 is 1.67 bits per heavy atom. The molecule has 0 bridgehead atoms. The van der Waals surface area contributed by atoms with E-state index in [0.717, 1.165) is 0 Å². The van der Waals surface area contributed by atoms with Gasteiger partial charge in [-0.25, -0.2) is 4.98 Å². The Balaban J connectivity index is 0.00000196. The van der Waals surface area contributed by atoms with Gasteiger partial charge >= 0.3 is 0 Å². The van der Waals surface area contributed by atoms with Crippen molar-refractivity contribution >= 4 is 34.8 Å². The largest absolute Gasteiger partial charge is 0.320 e. The topological polar surface area (TPSA) is 68.0 Å². The van der Waals surface area contributed by atoms with Gasteiger partial charge in [0.2, 0.25) is 5.91 Å². The van der Waals surface area contributed by atoms with Gasteiger partial charge in [-0.3, -0.25) is 4.79 Å². The van der Waals surface area contributed by atoms with Gasteiger partial charge in [-0.2, -0.15) is 0 Å². The lowest BCUT2D eigenvalue weighted by Crippen LogP contribution is -2.36. The molecule has 0 aliphatic heterocycles. The van der Waals surface area contributed by atoms with Crippen molar-refractivity contribution in [1.29, 1.82) is 0 Å². The van der Waals surface area contributed by atoms with Gasteiger partial charge in [-0.05, 0) is 12.3 Å². The first-order valence-electron chi connectivity index (χ1n) is 4.55. The predicted molar refractivity (Wildman–Crippen MR) is 65.4 cm³/mol. The van der Waals surface area contributed by atoms with Gasteiger partial charge in [0.05, 0.1) is 6.04 Å². The maximum Gasteiger partial charge on any atom is 0.243 e. The summed E-state index contributed by atoms with van der Waals surface area (Å²) in [6.45, 7) is 4.08. The van der Waals surface area contributed by atoms with E-state index < -0.39 is 6.04 Å². The van der Waals surface area contributed by atoms with Crippen LogP contribution in [0.3, 0.4) is 0 Å². The van der Waals surface area contributed by atoms with Crippen molar-refractivity contribution in [2.75, 3.05) is 5.32 Å². The SMILES string of the molecule is CC(C)C[C@H](N)C(=O)Nc1nccs1.Cl. The van der Waals surface area contributed by atoms with E-state index in [9.17, 15) is 4.79 Å². The molecule has 0 aliphatic rings. The third-order valence-corrected chi connectivity index (χ3v) is 2.41. The molecule has 0 spiro atoms. The summed E-state index contributed by atoms with van der Waals surface area (Å²) in [5.74, 6) is 0.265. The molecule has 1 atom stereocenters. The molecule has 86 valence electrons. The average Bonchev–Trinajstić information content (AvgIpc) is 2.55. The second-order valence-corrected chi connectivity index (χ2v) is 4.46. The third-order valence-electron chi connectivity index (χ3n) is 1.72. The van der Waals surface area contributed by atoms with E-state index in [1.807, 2.05) is 19.2 Å². The van der Waals surface area contributed by atoms with Crippen LogP contribution in [-0.2, 0) is 4.79 Å². The van der Waals surface area contributed by atoms with Crippen LogP contribution in [0.1, 0.15) is 20.3 Å². The van der Waals surface area contributed by atoms with Crippen molar-refractivity contribution in [3.8, 4) is 0 Å². The molecular formula is C9H16ClN3OS. The minimum Gasteiger partial charge on any atom is -0.320 e. The number of nitrogens with two attached hydrogens (primary N) is 1. The lowest BCUT2D eigenvalue weighted by Gasteiger charge is -2.12. The first-order valence-corrected chi connectivity index (χ1v) is 5.43. The summed E-state index contributed by atoms with van der Waals surface area (Å²) in [5, 5.41) is 5.09. The molecule has 1 amide bonds. The Kier molecular flexibility index (Phi) is 6.47. The maximum atomic E-state index is 11.5. The van der Waals surface area contributed by atoms with Gasteiger partial charge in [-0.15, -0.1) is 23.7 Å². The van der Waals surface area contributed by atoms with Crippen LogP contribution in [0.4, 0.5) is 5.13 Å². The van der Waals surface area contributed by atoms with E-state index >= 15 is 0 Å². The van der Waals surface area contributed by atoms with Crippen LogP contribution in [0.5, 0.6) is 0 Å². The molecule has 0 radical (unpaired) electrons. The summed E-state index contributed by atoms with van der Waals surface area (Å²) in [6.07, 6.45) is 2.34. The number of aromatic nitrogens is 1. The lowest BCUT2D eigenvalue weighted by molar-refractivity contribution is -0.117. The highest BCUT2D eigenvalue weighted by Gasteiger charge is 2.15. The van der Waals surface area contributed by atoms with Crippen LogP contribution in [0.25, 0.3) is 0 Å². The van der Waals surface area contributed by atoms with Crippen LogP contribution in [-0.4, -0.2) is 16.9 Å². The number of carbonyl (C=O) groups is 1. The number of hydrogen-bond donors (Lipinski definition) is 2. The van der Waals surface area contributed by atoms with Gasteiger partial charge in [0.25, 0.3) is 0 Å². The minimum absolute atomic E-state index is 0. The molecule has 1 heterocycles. The number of nitrogens with zero attached hydrogens (tertiary/aromatic N) is 1. The van der Waals surface area contributed by atoms with E-state index in [2.05, 4.69) is 10.3 Å². The third kappa shape index (κ3) is 5.11. The van der Waals surface area contributed by atoms with Crippen LogP contribution in [0, 0.1) is 5.92 Å². The molecule has 15 heavy (non-hydrogen) atoms. The fourth-order valence-electron chi connectivity index (χ4n) is 1.10. The molecule has 0 saturated heterocycles. The number of nitrogens with one attached hydrogen (secondary N) is 1. The van der Waals surface area contributed by atoms with Crippen molar-refractivity contribution in [1.82, 2.24) is 4.98 Å². The molecule has 0 aromatic carbocycles. The van der Waals surface area contributed by atoms with Gasteiger partial charge < -0.3 is 11.1 Å².